The number of hydrogen-bond acceptors (Lipinski definition) is 3. The maximum Gasteiger partial charge on any atom is 3.00 e. The van der Waals surface area contributed by atoms with Gasteiger partial charge in [0.2, 0.25) is 0 Å². The van der Waals surface area contributed by atoms with Gasteiger partial charge in [-0.2, -0.15) is 0 Å². The standard InChI is InChI=1S/3CHOS.Ga/c3*2-1-3;/h3*(H,2,3);/q3*-1;+3. The SMILES string of the molecule is O[C-]=S.O[C-]=S.O[C-]=S.[Ga+3]. The van der Waals surface area contributed by atoms with Crippen molar-refractivity contribution >= 4 is 73.1 Å². The Balaban J connectivity index is -0.0000000257. The fraction of sp³-hybridized carbons (Fsp3) is 0. The van der Waals surface area contributed by atoms with Gasteiger partial charge in [-0.1, -0.05) is 0 Å². The Morgan fingerprint density at radius 1 is 0.700 bits per heavy atom. The number of rotatable bonds is 0. The Morgan fingerprint density at radius 3 is 0.700 bits per heavy atom. The van der Waals surface area contributed by atoms with Crippen molar-refractivity contribution in [2.24, 2.45) is 0 Å². The van der Waals surface area contributed by atoms with E-state index in [1.807, 2.05) is 0 Å². The molecule has 0 aliphatic heterocycles. The second-order valence-corrected chi connectivity index (χ2v) is 0.822. The maximum atomic E-state index is 7.13. The van der Waals surface area contributed by atoms with Crippen LogP contribution in [0.15, 0.2) is 0 Å². The van der Waals surface area contributed by atoms with E-state index in [9.17, 15) is 0 Å². The van der Waals surface area contributed by atoms with E-state index < -0.39 is 0 Å². The first-order valence-corrected chi connectivity index (χ1v) is 2.51. The van der Waals surface area contributed by atoms with Crippen LogP contribution in [-0.4, -0.2) is 51.8 Å². The molecule has 54 valence electrons. The molecule has 3 N–H and O–H groups in total. The summed E-state index contributed by atoms with van der Waals surface area (Å²) in [5.41, 5.74) is 4.00. The Kier molecular flexibility index (Phi) is 132. The first-order chi connectivity index (χ1) is 4.24. The van der Waals surface area contributed by atoms with E-state index in [0.29, 0.717) is 0 Å². The molecule has 0 saturated carbocycles. The normalized spacial score (nSPS) is 3.60. The molecule has 0 rings (SSSR count). The molecule has 7 heteroatoms. The molecule has 0 unspecified atom stereocenters. The molecule has 0 aromatic heterocycles. The Hall–Kier alpha value is 0.306. The first kappa shape index (κ1) is 22.4. The Labute approximate surface area is 88.1 Å². The van der Waals surface area contributed by atoms with Crippen molar-refractivity contribution in [2.45, 2.75) is 0 Å². The zero-order chi connectivity index (χ0) is 8.12. The average Bonchev–Trinajstić information content (AvgIpc) is 1.70. The summed E-state index contributed by atoms with van der Waals surface area (Å²) >= 11 is 11.1. The molecule has 0 aromatic carbocycles. The van der Waals surface area contributed by atoms with Gasteiger partial charge in [0, 0.05) is 0 Å². The zero-order valence-electron chi connectivity index (χ0n) is 4.64. The fourth-order valence-electron chi connectivity index (χ4n) is 0. The van der Waals surface area contributed by atoms with Gasteiger partial charge in [0.25, 0.3) is 0 Å². The third-order valence-electron chi connectivity index (χ3n) is 0. The second kappa shape index (κ2) is 58.7. The van der Waals surface area contributed by atoms with Crippen LogP contribution < -0.4 is 0 Å². The summed E-state index contributed by atoms with van der Waals surface area (Å²) in [4.78, 5) is 0. The van der Waals surface area contributed by atoms with Crippen LogP contribution in [-0.2, 0) is 0 Å². The van der Waals surface area contributed by atoms with E-state index >= 15 is 0 Å². The summed E-state index contributed by atoms with van der Waals surface area (Å²) in [6, 6.07) is 0. The topological polar surface area (TPSA) is 60.7 Å². The number of hydrogen-bond donors (Lipinski definition) is 3. The van der Waals surface area contributed by atoms with Crippen molar-refractivity contribution in [2.75, 3.05) is 0 Å². The Bertz CT molecular complexity index is 55.7. The van der Waals surface area contributed by atoms with Crippen LogP contribution in [0.4, 0.5) is 0 Å². The molecule has 0 spiro atoms. The number of aliphatic hydroxyl groups is 3. The largest absolute Gasteiger partial charge is 3.00 e. The molecular formula is C3H3GaO3S3. The van der Waals surface area contributed by atoms with Gasteiger partial charge in [-0.25, -0.2) is 16.7 Å². The predicted molar refractivity (Wildman–Crippen MR) is 51.4 cm³/mol. The van der Waals surface area contributed by atoms with Crippen molar-refractivity contribution in [1.29, 1.82) is 0 Å². The molecular weight excluding hydrogens is 250 g/mol. The number of aliphatic hydroxyl groups excluding tert-OH is 3. The fourth-order valence-corrected chi connectivity index (χ4v) is 0. The van der Waals surface area contributed by atoms with Crippen molar-refractivity contribution in [3.05, 3.63) is 0 Å². The molecule has 3 nitrogen and oxygen atoms in total. The minimum atomic E-state index is 0. The summed E-state index contributed by atoms with van der Waals surface area (Å²) in [6.07, 6.45) is 0. The van der Waals surface area contributed by atoms with Crippen LogP contribution in [0.3, 0.4) is 0 Å². The molecule has 0 radical (unpaired) electrons. The van der Waals surface area contributed by atoms with Gasteiger partial charge in [0.05, 0.1) is 0 Å². The third-order valence-corrected chi connectivity index (χ3v) is 0. The molecule has 10 heavy (non-hydrogen) atoms. The molecule has 0 atom stereocenters. The molecule has 0 aliphatic rings. The van der Waals surface area contributed by atoms with Crippen molar-refractivity contribution in [3.63, 3.8) is 0 Å². The van der Waals surface area contributed by atoms with Crippen LogP contribution >= 0.6 is 36.7 Å². The zero-order valence-corrected chi connectivity index (χ0v) is 9.52. The van der Waals surface area contributed by atoms with Crippen LogP contribution in [0.1, 0.15) is 0 Å². The van der Waals surface area contributed by atoms with Gasteiger partial charge in [-0.15, -0.1) is 0 Å². The van der Waals surface area contributed by atoms with Gasteiger partial charge in [0.1, 0.15) is 0 Å². The molecule has 0 heterocycles. The molecule has 0 amide bonds. The maximum absolute atomic E-state index is 7.13. The van der Waals surface area contributed by atoms with Gasteiger partial charge in [-0.3, -0.25) is 0 Å². The summed E-state index contributed by atoms with van der Waals surface area (Å²) in [5.74, 6) is 0. The van der Waals surface area contributed by atoms with Crippen molar-refractivity contribution in [3.8, 4) is 0 Å². The molecule has 0 saturated heterocycles. The molecule has 0 aliphatic carbocycles. The van der Waals surface area contributed by atoms with Crippen LogP contribution in [0, 0.1) is 0 Å². The summed E-state index contributed by atoms with van der Waals surface area (Å²) in [7, 11) is 0. The van der Waals surface area contributed by atoms with Crippen molar-refractivity contribution < 1.29 is 15.3 Å². The van der Waals surface area contributed by atoms with Gasteiger partial charge >= 0.3 is 19.8 Å². The smallest absolute Gasteiger partial charge is 0.694 e. The quantitative estimate of drug-likeness (QED) is 0.336. The van der Waals surface area contributed by atoms with E-state index in [2.05, 4.69) is 36.7 Å². The van der Waals surface area contributed by atoms with Gasteiger partial charge < -0.3 is 52.0 Å². The third kappa shape index (κ3) is 4720. The van der Waals surface area contributed by atoms with E-state index in [-0.39, 0.29) is 19.8 Å². The average molecular weight is 253 g/mol. The van der Waals surface area contributed by atoms with E-state index in [4.69, 9.17) is 15.3 Å². The summed E-state index contributed by atoms with van der Waals surface area (Å²) in [6.45, 7) is 0. The second-order valence-electron chi connectivity index (χ2n) is 0.274. The van der Waals surface area contributed by atoms with E-state index in [1.54, 1.807) is 0 Å². The van der Waals surface area contributed by atoms with Gasteiger partial charge in [-0.05, 0) is 0 Å². The van der Waals surface area contributed by atoms with Crippen LogP contribution in [0.5, 0.6) is 0 Å². The minimum absolute atomic E-state index is 0. The monoisotopic (exact) mass is 252 g/mol. The predicted octanol–water partition coefficient (Wildman–Crippen LogP) is 0.755. The minimum Gasteiger partial charge on any atom is -0.694 e. The first-order valence-electron chi connectivity index (χ1n) is 1.28. The van der Waals surface area contributed by atoms with E-state index in [1.165, 1.54) is 16.7 Å². The number of thiocarbonyl (C=S) groups is 3. The van der Waals surface area contributed by atoms with Crippen LogP contribution in [0.25, 0.3) is 0 Å². The molecule has 0 bridgehead atoms. The van der Waals surface area contributed by atoms with Crippen molar-refractivity contribution in [1.82, 2.24) is 0 Å². The van der Waals surface area contributed by atoms with Crippen LogP contribution in [0.2, 0.25) is 0 Å². The Morgan fingerprint density at radius 2 is 0.700 bits per heavy atom. The van der Waals surface area contributed by atoms with E-state index in [0.717, 1.165) is 0 Å². The molecule has 0 fully saturated rings. The summed E-state index contributed by atoms with van der Waals surface area (Å²) < 4.78 is 0. The van der Waals surface area contributed by atoms with Gasteiger partial charge in [0.15, 0.2) is 0 Å². The molecule has 0 aromatic rings. The summed E-state index contributed by atoms with van der Waals surface area (Å²) in [5, 5.41) is 21.4.